The Morgan fingerprint density at radius 2 is 1.76 bits per heavy atom. The third kappa shape index (κ3) is 3.11. The van der Waals surface area contributed by atoms with Crippen LogP contribution in [-0.2, 0) is 0 Å². The molecule has 2 saturated heterocycles. The lowest BCUT2D eigenvalue weighted by atomic mass is 9.47. The summed E-state index contributed by atoms with van der Waals surface area (Å²) in [5.41, 5.74) is 6.45. The second-order valence-corrected chi connectivity index (χ2v) is 14.3. The summed E-state index contributed by atoms with van der Waals surface area (Å²) in [6.07, 6.45) is 15.6. The van der Waals surface area contributed by atoms with Crippen LogP contribution in [0, 0.1) is 40.4 Å². The summed E-state index contributed by atoms with van der Waals surface area (Å²) in [6.45, 7) is 14.1. The highest BCUT2D eigenvalue weighted by atomic mass is 15.2. The fraction of sp³-hybridized carbons (Fsp3) is 0.871. The van der Waals surface area contributed by atoms with E-state index in [4.69, 9.17) is 0 Å². The van der Waals surface area contributed by atoms with Crippen molar-refractivity contribution in [3.05, 3.63) is 22.8 Å². The zero-order valence-electron chi connectivity index (χ0n) is 22.7. The van der Waals surface area contributed by atoms with Crippen molar-refractivity contribution in [1.29, 1.82) is 0 Å². The van der Waals surface area contributed by atoms with Gasteiger partial charge in [-0.3, -0.25) is 4.90 Å². The van der Waals surface area contributed by atoms with Gasteiger partial charge in [0, 0.05) is 24.7 Å². The van der Waals surface area contributed by atoms with Gasteiger partial charge in [0.15, 0.2) is 0 Å². The molecule has 5 fully saturated rings. The number of hydrogen-bond acceptors (Lipinski definition) is 2. The van der Waals surface area contributed by atoms with E-state index >= 15 is 0 Å². The van der Waals surface area contributed by atoms with E-state index < -0.39 is 0 Å². The number of allylic oxidation sites excluding steroid dienone is 3. The number of hydrogen-bond donors (Lipinski definition) is 0. The molecule has 2 heteroatoms. The maximum Gasteiger partial charge on any atom is 0.0316 e. The van der Waals surface area contributed by atoms with Gasteiger partial charge in [-0.05, 0) is 126 Å². The Morgan fingerprint density at radius 1 is 1.00 bits per heavy atom. The van der Waals surface area contributed by atoms with Crippen LogP contribution < -0.4 is 0 Å². The van der Waals surface area contributed by atoms with Crippen molar-refractivity contribution >= 4 is 0 Å². The molecule has 0 aromatic carbocycles. The maximum absolute atomic E-state index is 3.02. The molecule has 0 N–H and O–H groups in total. The third-order valence-corrected chi connectivity index (χ3v) is 12.6. The Bertz CT molecular complexity index is 864. The lowest BCUT2D eigenvalue weighted by molar-refractivity contribution is -0.0383. The summed E-state index contributed by atoms with van der Waals surface area (Å²) in [5, 5.41) is 0. The monoisotopic (exact) mass is 450 g/mol. The van der Waals surface area contributed by atoms with Crippen LogP contribution in [0.25, 0.3) is 0 Å². The Hall–Kier alpha value is -0.600. The molecule has 3 saturated carbocycles. The lowest BCUT2D eigenvalue weighted by Gasteiger charge is -2.58. The second-order valence-electron chi connectivity index (χ2n) is 14.3. The SMILES string of the molecule is CC(C)=C1CCN2[C@@H]1C[C@@H](C)[C@H]1[C@@H]2CC2C3=CC[C@H]4C[C@H](N(C)C)CC[C@]4(C)C3CC[C@@]21C. The van der Waals surface area contributed by atoms with Gasteiger partial charge in [0.2, 0.25) is 0 Å². The fourth-order valence-corrected chi connectivity index (χ4v) is 10.9. The molecule has 0 radical (unpaired) electrons. The lowest BCUT2D eigenvalue weighted by Crippen LogP contribution is -2.54. The smallest absolute Gasteiger partial charge is 0.0316 e. The second kappa shape index (κ2) is 7.70. The number of piperidine rings is 1. The van der Waals surface area contributed by atoms with Crippen LogP contribution in [0.1, 0.15) is 92.4 Å². The van der Waals surface area contributed by atoms with E-state index in [0.29, 0.717) is 10.8 Å². The molecule has 2 nitrogen and oxygen atoms in total. The molecule has 0 spiro atoms. The summed E-state index contributed by atoms with van der Waals surface area (Å²) in [5.74, 6) is 4.41. The first-order valence-electron chi connectivity index (χ1n) is 14.4. The van der Waals surface area contributed by atoms with E-state index in [-0.39, 0.29) is 0 Å². The predicted octanol–water partition coefficient (Wildman–Crippen LogP) is 6.92. The number of rotatable bonds is 1. The van der Waals surface area contributed by atoms with Gasteiger partial charge < -0.3 is 4.90 Å². The molecule has 0 amide bonds. The van der Waals surface area contributed by atoms with Crippen LogP contribution >= 0.6 is 0 Å². The van der Waals surface area contributed by atoms with Gasteiger partial charge in [-0.2, -0.15) is 0 Å². The summed E-state index contributed by atoms with van der Waals surface area (Å²) < 4.78 is 0. The molecule has 2 aliphatic heterocycles. The summed E-state index contributed by atoms with van der Waals surface area (Å²) in [4.78, 5) is 5.52. The van der Waals surface area contributed by atoms with Gasteiger partial charge in [-0.1, -0.05) is 43.6 Å². The molecule has 2 heterocycles. The van der Waals surface area contributed by atoms with Gasteiger partial charge in [0.25, 0.3) is 0 Å². The van der Waals surface area contributed by atoms with Crippen LogP contribution in [0.3, 0.4) is 0 Å². The van der Waals surface area contributed by atoms with Crippen molar-refractivity contribution in [3.8, 4) is 0 Å². The first-order valence-corrected chi connectivity index (χ1v) is 14.4. The quantitative estimate of drug-likeness (QED) is 0.400. The van der Waals surface area contributed by atoms with Crippen LogP contribution in [-0.4, -0.2) is 48.6 Å². The average Bonchev–Trinajstić information content (AvgIpc) is 3.32. The Labute approximate surface area is 204 Å². The molecule has 184 valence electrons. The van der Waals surface area contributed by atoms with Crippen molar-refractivity contribution < 1.29 is 0 Å². The van der Waals surface area contributed by atoms with Crippen LogP contribution in [0.2, 0.25) is 0 Å². The zero-order valence-corrected chi connectivity index (χ0v) is 22.7. The van der Waals surface area contributed by atoms with Crippen LogP contribution in [0.5, 0.6) is 0 Å². The van der Waals surface area contributed by atoms with Crippen molar-refractivity contribution in [2.75, 3.05) is 20.6 Å². The topological polar surface area (TPSA) is 6.48 Å². The molecule has 6 rings (SSSR count). The minimum Gasteiger partial charge on any atom is -0.306 e. The third-order valence-electron chi connectivity index (χ3n) is 12.6. The van der Waals surface area contributed by atoms with Crippen molar-refractivity contribution in [1.82, 2.24) is 9.80 Å². The van der Waals surface area contributed by atoms with Gasteiger partial charge in [0.1, 0.15) is 0 Å². The van der Waals surface area contributed by atoms with Crippen molar-refractivity contribution in [2.24, 2.45) is 40.4 Å². The van der Waals surface area contributed by atoms with Gasteiger partial charge in [-0.25, -0.2) is 0 Å². The van der Waals surface area contributed by atoms with Crippen LogP contribution in [0.4, 0.5) is 0 Å². The van der Waals surface area contributed by atoms with E-state index in [1.807, 2.05) is 5.57 Å². The Kier molecular flexibility index (Phi) is 5.33. The number of nitrogens with zero attached hydrogens (tertiary/aromatic N) is 2. The standard InChI is InChI=1S/C31H50N2/c1-19(2)23-12-15-33-27(23)16-20(3)29-28(33)18-26-24-9-8-21-17-22(32(6)7)10-13-30(21,4)25(24)11-14-31(26,29)5/h9,20-22,25-29H,8,10-18H2,1-7H3/t20-,21+,22-,25?,26?,27-,28+,29+,30+,31+/m1/s1. The first kappa shape index (κ1) is 22.8. The molecule has 6 aliphatic rings. The molecule has 10 atom stereocenters. The minimum absolute atomic E-state index is 0.537. The zero-order chi connectivity index (χ0) is 23.3. The van der Waals surface area contributed by atoms with E-state index in [0.717, 1.165) is 47.7 Å². The Morgan fingerprint density at radius 3 is 2.48 bits per heavy atom. The van der Waals surface area contributed by atoms with Crippen LogP contribution in [0.15, 0.2) is 22.8 Å². The van der Waals surface area contributed by atoms with Gasteiger partial charge in [-0.15, -0.1) is 0 Å². The van der Waals surface area contributed by atoms with E-state index in [9.17, 15) is 0 Å². The highest BCUT2D eigenvalue weighted by molar-refractivity contribution is 5.32. The summed E-state index contributed by atoms with van der Waals surface area (Å²) in [6, 6.07) is 2.40. The molecular weight excluding hydrogens is 400 g/mol. The molecular formula is C31H50N2. The molecule has 33 heavy (non-hydrogen) atoms. The number of fused-ring (bicyclic) bond motifs is 9. The van der Waals surface area contributed by atoms with E-state index in [1.54, 1.807) is 11.1 Å². The molecule has 0 bridgehead atoms. The molecule has 0 aromatic heterocycles. The molecule has 4 aliphatic carbocycles. The molecule has 2 unspecified atom stereocenters. The van der Waals surface area contributed by atoms with Crippen molar-refractivity contribution in [3.63, 3.8) is 0 Å². The Balaban J connectivity index is 1.32. The summed E-state index contributed by atoms with van der Waals surface area (Å²) >= 11 is 0. The highest BCUT2D eigenvalue weighted by Gasteiger charge is 2.63. The fourth-order valence-electron chi connectivity index (χ4n) is 10.9. The van der Waals surface area contributed by atoms with Gasteiger partial charge in [0.05, 0.1) is 0 Å². The maximum atomic E-state index is 3.02. The normalized spacial score (nSPS) is 51.4. The highest BCUT2D eigenvalue weighted by Crippen LogP contribution is 2.69. The van der Waals surface area contributed by atoms with E-state index in [1.165, 1.54) is 64.3 Å². The summed E-state index contributed by atoms with van der Waals surface area (Å²) in [7, 11) is 4.61. The average molecular weight is 451 g/mol. The van der Waals surface area contributed by atoms with Crippen molar-refractivity contribution in [2.45, 2.75) is 111 Å². The first-order chi connectivity index (χ1) is 15.6. The predicted molar refractivity (Wildman–Crippen MR) is 139 cm³/mol. The largest absolute Gasteiger partial charge is 0.306 e. The minimum atomic E-state index is 0.537. The molecule has 0 aromatic rings. The van der Waals surface area contributed by atoms with Gasteiger partial charge >= 0.3 is 0 Å². The van der Waals surface area contributed by atoms with E-state index in [2.05, 4.69) is 64.6 Å².